The van der Waals surface area contributed by atoms with Crippen molar-refractivity contribution in [2.45, 2.75) is 13.2 Å². The van der Waals surface area contributed by atoms with Crippen molar-refractivity contribution in [3.8, 4) is 0 Å². The van der Waals surface area contributed by atoms with Crippen LogP contribution in [-0.2, 0) is 14.4 Å². The van der Waals surface area contributed by atoms with Crippen LogP contribution in [0, 0.1) is 12.8 Å². The molecule has 0 aromatic heterocycles. The molecule has 0 spiro atoms. The predicted octanol–water partition coefficient (Wildman–Crippen LogP) is 0.925. The van der Waals surface area contributed by atoms with Gasteiger partial charge in [-0.3, -0.25) is 4.79 Å². The van der Waals surface area contributed by atoms with E-state index in [2.05, 4.69) is 10.2 Å². The summed E-state index contributed by atoms with van der Waals surface area (Å²) < 4.78 is 0. The van der Waals surface area contributed by atoms with E-state index in [1.165, 1.54) is 7.05 Å². The minimum atomic E-state index is -1.30. The number of rotatable bonds is 2. The topological polar surface area (TPSA) is 78.9 Å². The van der Waals surface area contributed by atoms with Crippen molar-refractivity contribution < 1.29 is 19.5 Å². The second-order valence-corrected chi connectivity index (χ2v) is 4.66. The quantitative estimate of drug-likeness (QED) is 0.790. The number of amides is 1. The SMILES string of the molecule is Cc1c(Cl)cccc1NC(=O)C1C(=O)ON(C)C1O. The van der Waals surface area contributed by atoms with Crippen LogP contribution in [0.2, 0.25) is 5.02 Å². The molecule has 2 atom stereocenters. The number of carbonyl (C=O) groups excluding carboxylic acids is 2. The second kappa shape index (κ2) is 5.16. The Hall–Kier alpha value is -1.63. The number of hydroxylamine groups is 2. The number of nitrogens with one attached hydrogen (secondary N) is 1. The van der Waals surface area contributed by atoms with Crippen molar-refractivity contribution in [3.63, 3.8) is 0 Å². The molecule has 1 amide bonds. The zero-order valence-electron chi connectivity index (χ0n) is 10.4. The largest absolute Gasteiger partial charge is 0.374 e. The maximum atomic E-state index is 12.0. The number of anilines is 1. The van der Waals surface area contributed by atoms with Crippen LogP contribution in [0.1, 0.15) is 5.56 Å². The fourth-order valence-electron chi connectivity index (χ4n) is 1.78. The minimum Gasteiger partial charge on any atom is -0.374 e. The average molecular weight is 285 g/mol. The van der Waals surface area contributed by atoms with Crippen molar-refractivity contribution in [2.24, 2.45) is 5.92 Å². The Morgan fingerprint density at radius 3 is 2.79 bits per heavy atom. The smallest absolute Gasteiger partial charge is 0.341 e. The molecular formula is C12H13ClN2O4. The van der Waals surface area contributed by atoms with Crippen molar-refractivity contribution in [2.75, 3.05) is 12.4 Å². The van der Waals surface area contributed by atoms with E-state index in [4.69, 9.17) is 11.6 Å². The first kappa shape index (κ1) is 13.8. The predicted molar refractivity (Wildman–Crippen MR) is 68.2 cm³/mol. The van der Waals surface area contributed by atoms with E-state index in [9.17, 15) is 14.7 Å². The van der Waals surface area contributed by atoms with Gasteiger partial charge in [0.15, 0.2) is 12.1 Å². The molecule has 1 heterocycles. The fourth-order valence-corrected chi connectivity index (χ4v) is 1.95. The molecule has 102 valence electrons. The molecule has 1 aromatic rings. The van der Waals surface area contributed by atoms with Crippen molar-refractivity contribution in [3.05, 3.63) is 28.8 Å². The Kier molecular flexibility index (Phi) is 3.75. The van der Waals surface area contributed by atoms with Gasteiger partial charge in [-0.25, -0.2) is 4.79 Å². The summed E-state index contributed by atoms with van der Waals surface area (Å²) in [7, 11) is 1.38. The lowest BCUT2D eigenvalue weighted by molar-refractivity contribution is -0.183. The summed E-state index contributed by atoms with van der Waals surface area (Å²) in [5, 5.41) is 13.7. The van der Waals surface area contributed by atoms with Gasteiger partial charge in [0.2, 0.25) is 5.91 Å². The van der Waals surface area contributed by atoms with E-state index in [-0.39, 0.29) is 0 Å². The lowest BCUT2D eigenvalue weighted by Gasteiger charge is -2.14. The van der Waals surface area contributed by atoms with Crippen LogP contribution in [0.25, 0.3) is 0 Å². The summed E-state index contributed by atoms with van der Waals surface area (Å²) in [5.74, 6) is -2.69. The van der Waals surface area contributed by atoms with Crippen molar-refractivity contribution in [1.82, 2.24) is 5.06 Å². The van der Waals surface area contributed by atoms with Crippen LogP contribution < -0.4 is 5.32 Å². The summed E-state index contributed by atoms with van der Waals surface area (Å²) in [5.41, 5.74) is 1.18. The van der Waals surface area contributed by atoms with Crippen LogP contribution in [0.5, 0.6) is 0 Å². The number of carbonyl (C=O) groups is 2. The molecule has 6 nitrogen and oxygen atoms in total. The number of aliphatic hydroxyl groups excluding tert-OH is 1. The first-order chi connectivity index (χ1) is 8.91. The second-order valence-electron chi connectivity index (χ2n) is 4.25. The van der Waals surface area contributed by atoms with Gasteiger partial charge in [-0.05, 0) is 24.6 Å². The third-order valence-corrected chi connectivity index (χ3v) is 3.38. The van der Waals surface area contributed by atoms with Crippen LogP contribution >= 0.6 is 11.6 Å². The van der Waals surface area contributed by atoms with Crippen LogP contribution in [-0.4, -0.2) is 35.3 Å². The molecule has 1 fully saturated rings. The highest BCUT2D eigenvalue weighted by molar-refractivity contribution is 6.31. The molecule has 0 saturated carbocycles. The zero-order chi connectivity index (χ0) is 14.2. The maximum absolute atomic E-state index is 12.0. The molecule has 19 heavy (non-hydrogen) atoms. The molecule has 1 aliphatic heterocycles. The van der Waals surface area contributed by atoms with Crippen molar-refractivity contribution >= 4 is 29.2 Å². The third kappa shape index (κ3) is 2.56. The maximum Gasteiger partial charge on any atom is 0.341 e. The molecule has 7 heteroatoms. The van der Waals surface area contributed by atoms with E-state index < -0.39 is 24.0 Å². The number of hydrogen-bond acceptors (Lipinski definition) is 5. The number of aliphatic hydroxyl groups is 1. The highest BCUT2D eigenvalue weighted by atomic mass is 35.5. The van der Waals surface area contributed by atoms with Crippen LogP contribution in [0.15, 0.2) is 18.2 Å². The third-order valence-electron chi connectivity index (χ3n) is 2.97. The number of hydrogen-bond donors (Lipinski definition) is 2. The zero-order valence-corrected chi connectivity index (χ0v) is 11.1. The number of benzene rings is 1. The Balaban J connectivity index is 2.18. The van der Waals surface area contributed by atoms with E-state index in [0.29, 0.717) is 16.3 Å². The first-order valence-electron chi connectivity index (χ1n) is 5.60. The molecule has 1 saturated heterocycles. The van der Waals surface area contributed by atoms with Gasteiger partial charge < -0.3 is 15.3 Å². The van der Waals surface area contributed by atoms with Gasteiger partial charge in [0.1, 0.15) is 0 Å². The Morgan fingerprint density at radius 2 is 2.21 bits per heavy atom. The van der Waals surface area contributed by atoms with Gasteiger partial charge in [-0.1, -0.05) is 17.7 Å². The Morgan fingerprint density at radius 1 is 1.53 bits per heavy atom. The minimum absolute atomic E-state index is 0.493. The normalized spacial score (nSPS) is 23.3. The summed E-state index contributed by atoms with van der Waals surface area (Å²) in [4.78, 5) is 28.1. The van der Waals surface area contributed by atoms with E-state index in [1.807, 2.05) is 0 Å². The molecule has 0 radical (unpaired) electrons. The van der Waals surface area contributed by atoms with Crippen LogP contribution in [0.4, 0.5) is 5.69 Å². The summed E-state index contributed by atoms with van der Waals surface area (Å²) in [6, 6.07) is 5.04. The summed E-state index contributed by atoms with van der Waals surface area (Å²) >= 11 is 5.94. The van der Waals surface area contributed by atoms with Gasteiger partial charge >= 0.3 is 5.97 Å². The highest BCUT2D eigenvalue weighted by Gasteiger charge is 2.45. The highest BCUT2D eigenvalue weighted by Crippen LogP contribution is 2.25. The molecule has 1 aromatic carbocycles. The van der Waals surface area contributed by atoms with E-state index >= 15 is 0 Å². The van der Waals surface area contributed by atoms with Gasteiger partial charge in [0.25, 0.3) is 0 Å². The van der Waals surface area contributed by atoms with Crippen molar-refractivity contribution in [1.29, 1.82) is 0 Å². The van der Waals surface area contributed by atoms with Gasteiger partial charge in [-0.15, -0.1) is 5.06 Å². The molecular weight excluding hydrogens is 272 g/mol. The van der Waals surface area contributed by atoms with Gasteiger partial charge in [0.05, 0.1) is 0 Å². The van der Waals surface area contributed by atoms with Gasteiger partial charge in [-0.2, -0.15) is 0 Å². The Bertz CT molecular complexity index is 534. The van der Waals surface area contributed by atoms with E-state index in [1.54, 1.807) is 25.1 Å². The number of halogens is 1. The summed E-state index contributed by atoms with van der Waals surface area (Å²) in [6.07, 6.45) is -1.30. The summed E-state index contributed by atoms with van der Waals surface area (Å²) in [6.45, 7) is 1.74. The molecule has 0 aliphatic carbocycles. The lowest BCUT2D eigenvalue weighted by atomic mass is 10.1. The fraction of sp³-hybridized carbons (Fsp3) is 0.333. The Labute approximate surface area is 114 Å². The molecule has 2 rings (SSSR count). The molecule has 1 aliphatic rings. The monoisotopic (exact) mass is 284 g/mol. The van der Waals surface area contributed by atoms with Crippen LogP contribution in [0.3, 0.4) is 0 Å². The first-order valence-corrected chi connectivity index (χ1v) is 5.98. The number of nitrogens with zero attached hydrogens (tertiary/aromatic N) is 1. The molecule has 0 bridgehead atoms. The standard InChI is InChI=1S/C12H13ClN2O4/c1-6-7(13)4-3-5-8(6)14-10(16)9-11(17)15(2)19-12(9)18/h3-5,9,11,17H,1-2H3,(H,14,16). The van der Waals surface area contributed by atoms with Gasteiger partial charge in [0, 0.05) is 17.8 Å². The lowest BCUT2D eigenvalue weighted by Crippen LogP contribution is -2.37. The van der Waals surface area contributed by atoms with E-state index in [0.717, 1.165) is 5.06 Å². The molecule has 2 unspecified atom stereocenters. The molecule has 2 N–H and O–H groups in total. The average Bonchev–Trinajstić information content (AvgIpc) is 2.59.